The number of terminal acetylenes is 1. The van der Waals surface area contributed by atoms with E-state index in [0.717, 1.165) is 64.1 Å². The maximum absolute atomic E-state index is 6.00. The van der Waals surface area contributed by atoms with Crippen LogP contribution < -0.4 is 14.2 Å². The van der Waals surface area contributed by atoms with E-state index in [-0.39, 0.29) is 6.10 Å². The quantitative estimate of drug-likeness (QED) is 0.299. The van der Waals surface area contributed by atoms with Gasteiger partial charge in [0, 0.05) is 40.1 Å². The first-order chi connectivity index (χ1) is 16.5. The van der Waals surface area contributed by atoms with Crippen LogP contribution in [0.5, 0.6) is 17.2 Å². The molecule has 1 atom stereocenters. The number of benzene rings is 2. The molecule has 1 heterocycles. The maximum atomic E-state index is 6.00. The smallest absolute Gasteiger partial charge is 0.190 e. The number of fused-ring (bicyclic) bond motifs is 5. The third-order valence-corrected chi connectivity index (χ3v) is 6.33. The lowest BCUT2D eigenvalue weighted by molar-refractivity contribution is 0.0846. The van der Waals surface area contributed by atoms with Crippen molar-refractivity contribution in [2.45, 2.75) is 18.9 Å². The third-order valence-electron chi connectivity index (χ3n) is 6.33. The molecule has 2 aliphatic rings. The van der Waals surface area contributed by atoms with E-state index < -0.39 is 0 Å². The molecule has 34 heavy (non-hydrogen) atoms. The summed E-state index contributed by atoms with van der Waals surface area (Å²) in [6.07, 6.45) is 7.55. The molecule has 176 valence electrons. The third kappa shape index (κ3) is 3.95. The lowest BCUT2D eigenvalue weighted by Gasteiger charge is -2.12. The molecule has 0 amide bonds. The minimum absolute atomic E-state index is 0.324. The molecule has 0 saturated heterocycles. The minimum atomic E-state index is -0.324. The monoisotopic (exact) mass is 459 g/mol. The fourth-order valence-corrected chi connectivity index (χ4v) is 4.33. The van der Waals surface area contributed by atoms with Gasteiger partial charge in [-0.25, -0.2) is 0 Å². The van der Waals surface area contributed by atoms with E-state index in [0.29, 0.717) is 24.0 Å². The zero-order valence-electron chi connectivity index (χ0n) is 20.0. The Morgan fingerprint density at radius 1 is 1.12 bits per heavy atom. The summed E-state index contributed by atoms with van der Waals surface area (Å²) in [5.41, 5.74) is 5.53. The summed E-state index contributed by atoms with van der Waals surface area (Å²) < 4.78 is 17.1. The lowest BCUT2D eigenvalue weighted by atomic mass is 10.1. The molecule has 1 fully saturated rings. The van der Waals surface area contributed by atoms with Crippen LogP contribution in [0.25, 0.3) is 22.2 Å². The number of hydrogen-bond acceptors (Lipinski definition) is 6. The van der Waals surface area contributed by atoms with E-state index >= 15 is 0 Å². The molecule has 5 rings (SSSR count). The first-order valence-corrected chi connectivity index (χ1v) is 11.4. The van der Waals surface area contributed by atoms with Gasteiger partial charge < -0.3 is 28.9 Å². The Kier molecular flexibility index (Phi) is 5.84. The van der Waals surface area contributed by atoms with Crippen LogP contribution in [0.3, 0.4) is 0 Å². The van der Waals surface area contributed by atoms with Gasteiger partial charge in [-0.1, -0.05) is 11.1 Å². The Morgan fingerprint density at radius 3 is 2.50 bits per heavy atom. The molecule has 0 bridgehead atoms. The van der Waals surface area contributed by atoms with E-state index in [1.807, 2.05) is 38.4 Å². The van der Waals surface area contributed by atoms with Gasteiger partial charge in [0.15, 0.2) is 17.6 Å². The van der Waals surface area contributed by atoms with Crippen LogP contribution in [0.1, 0.15) is 24.0 Å². The average Bonchev–Trinajstić information content (AvgIpc) is 3.55. The van der Waals surface area contributed by atoms with Crippen molar-refractivity contribution >= 4 is 16.6 Å². The van der Waals surface area contributed by atoms with Gasteiger partial charge in [0.25, 0.3) is 0 Å². The first kappa shape index (κ1) is 22.2. The van der Waals surface area contributed by atoms with Crippen LogP contribution in [0.4, 0.5) is 0 Å². The fourth-order valence-electron chi connectivity index (χ4n) is 4.33. The van der Waals surface area contributed by atoms with Crippen LogP contribution in [0.2, 0.25) is 0 Å². The van der Waals surface area contributed by atoms with Crippen molar-refractivity contribution < 1.29 is 19.0 Å². The molecule has 7 nitrogen and oxygen atoms in total. The van der Waals surface area contributed by atoms with E-state index in [1.165, 1.54) is 0 Å². The first-order valence-electron chi connectivity index (χ1n) is 11.4. The van der Waals surface area contributed by atoms with Gasteiger partial charge in [0.2, 0.25) is 0 Å². The van der Waals surface area contributed by atoms with Gasteiger partial charge in [0.05, 0.1) is 19.9 Å². The highest BCUT2D eigenvalue weighted by molar-refractivity contribution is 6.30. The summed E-state index contributed by atoms with van der Waals surface area (Å²) in [7, 11) is 7.31. The second-order valence-electron chi connectivity index (χ2n) is 8.96. The highest BCUT2D eigenvalue weighted by atomic mass is 16.6. The topological polar surface area (TPSA) is 68.3 Å². The molecule has 0 aliphatic heterocycles. The summed E-state index contributed by atoms with van der Waals surface area (Å²) in [6.45, 7) is 1.44. The molecule has 7 heteroatoms. The standard InChI is InChI=1S/C27H29N3O4/c1-6-22(16-7-8-16)34-29-27-19-15-24(32-5)23(31-4)14-18(19)26-25(27)20-13-17(9-10-21(20)28-26)33-12-11-30(2)3/h1,9-10,13-16,22,28H,7-8,11-12H2,2-5H3/b29-27-/t22-/m0/s1. The summed E-state index contributed by atoms with van der Waals surface area (Å²) in [4.78, 5) is 11.6. The second-order valence-corrected chi connectivity index (χ2v) is 8.96. The van der Waals surface area contributed by atoms with E-state index in [1.54, 1.807) is 14.2 Å². The number of H-pyrrole nitrogens is 1. The summed E-state index contributed by atoms with van der Waals surface area (Å²) >= 11 is 0. The Balaban J connectivity index is 1.61. The Morgan fingerprint density at radius 2 is 1.85 bits per heavy atom. The highest BCUT2D eigenvalue weighted by Crippen LogP contribution is 2.46. The van der Waals surface area contributed by atoms with Gasteiger partial charge in [0.1, 0.15) is 18.1 Å². The van der Waals surface area contributed by atoms with Gasteiger partial charge in [-0.15, -0.1) is 6.42 Å². The number of nitrogens with one attached hydrogen (secondary N) is 1. The van der Waals surface area contributed by atoms with Gasteiger partial charge in [-0.3, -0.25) is 0 Å². The zero-order valence-corrected chi connectivity index (χ0v) is 20.0. The van der Waals surface area contributed by atoms with Gasteiger partial charge >= 0.3 is 0 Å². The van der Waals surface area contributed by atoms with Crippen LogP contribution in [-0.2, 0) is 4.84 Å². The molecule has 1 aromatic heterocycles. The van der Waals surface area contributed by atoms with Gasteiger partial charge in [-0.2, -0.15) is 0 Å². The van der Waals surface area contributed by atoms with Crippen molar-refractivity contribution in [2.24, 2.45) is 11.1 Å². The van der Waals surface area contributed by atoms with Crippen LogP contribution in [0, 0.1) is 18.3 Å². The number of ether oxygens (including phenoxy) is 3. The predicted octanol–water partition coefficient (Wildman–Crippen LogP) is 4.29. The number of methoxy groups -OCH3 is 2. The molecule has 0 spiro atoms. The Labute approximate surface area is 199 Å². The number of hydrogen-bond donors (Lipinski definition) is 1. The minimum Gasteiger partial charge on any atom is -0.493 e. The number of aromatic amines is 1. The van der Waals surface area contributed by atoms with Crippen molar-refractivity contribution in [3.05, 3.63) is 41.5 Å². The lowest BCUT2D eigenvalue weighted by Crippen LogP contribution is -2.19. The fraction of sp³-hybridized carbons (Fsp3) is 0.370. The van der Waals surface area contributed by atoms with E-state index in [9.17, 15) is 0 Å². The summed E-state index contributed by atoms with van der Waals surface area (Å²) in [5.74, 6) is 5.21. The molecule has 1 saturated carbocycles. The number of aromatic nitrogens is 1. The van der Waals surface area contributed by atoms with Crippen LogP contribution >= 0.6 is 0 Å². The molecule has 2 aromatic carbocycles. The van der Waals surface area contributed by atoms with Crippen LogP contribution in [-0.4, -0.2) is 63.2 Å². The molecular formula is C27H29N3O4. The molecule has 0 radical (unpaired) electrons. The number of likely N-dealkylation sites (N-methyl/N-ethyl adjacent to an activating group) is 1. The molecule has 3 aromatic rings. The predicted molar refractivity (Wildman–Crippen MR) is 133 cm³/mol. The Hall–Kier alpha value is -3.63. The van der Waals surface area contributed by atoms with Crippen molar-refractivity contribution in [1.82, 2.24) is 9.88 Å². The number of rotatable bonds is 9. The van der Waals surface area contributed by atoms with Crippen LogP contribution in [0.15, 0.2) is 35.5 Å². The van der Waals surface area contributed by atoms with Crippen molar-refractivity contribution in [3.8, 4) is 40.8 Å². The number of nitrogens with zero attached hydrogens (tertiary/aromatic N) is 2. The molecule has 1 N–H and O–H groups in total. The summed E-state index contributed by atoms with van der Waals surface area (Å²) in [6, 6.07) is 9.98. The van der Waals surface area contributed by atoms with E-state index in [4.69, 9.17) is 25.5 Å². The SMILES string of the molecule is C#C[C@H](O/N=C1/c2cc(OC)c(OC)cc2-c2[nH]c3ccc(OCCN(C)C)cc3c21)C1CC1. The highest BCUT2D eigenvalue weighted by Gasteiger charge is 2.35. The van der Waals surface area contributed by atoms with E-state index in [2.05, 4.69) is 27.0 Å². The summed E-state index contributed by atoms with van der Waals surface area (Å²) in [5, 5.41) is 5.63. The average molecular weight is 460 g/mol. The zero-order chi connectivity index (χ0) is 23.8. The molecule has 2 aliphatic carbocycles. The Bertz CT molecular complexity index is 1300. The van der Waals surface area contributed by atoms with Gasteiger partial charge in [-0.05, 0) is 57.3 Å². The van der Waals surface area contributed by atoms with Crippen molar-refractivity contribution in [3.63, 3.8) is 0 Å². The number of oxime groups is 1. The van der Waals surface area contributed by atoms with Crippen molar-refractivity contribution in [1.29, 1.82) is 0 Å². The largest absolute Gasteiger partial charge is 0.493 e. The molecular weight excluding hydrogens is 430 g/mol. The molecule has 0 unspecified atom stereocenters. The maximum Gasteiger partial charge on any atom is 0.190 e. The normalized spacial score (nSPS) is 16.3. The second kappa shape index (κ2) is 8.96. The van der Waals surface area contributed by atoms with Crippen molar-refractivity contribution in [2.75, 3.05) is 41.5 Å².